The summed E-state index contributed by atoms with van der Waals surface area (Å²) in [5.41, 5.74) is 3.21. The Morgan fingerprint density at radius 2 is 1.42 bits per heavy atom. The standard InChI is InChI=1S/C16H18O3/c1-17-13-10-8-12(9-11-13)14-6-4-5-7-15(14)16(18-2)19-3/h4-11,16H,1-3H3. The van der Waals surface area contributed by atoms with Gasteiger partial charge in [-0.1, -0.05) is 36.4 Å². The number of hydrogen-bond acceptors (Lipinski definition) is 3. The zero-order valence-electron chi connectivity index (χ0n) is 11.4. The first-order valence-electron chi connectivity index (χ1n) is 6.09. The predicted octanol–water partition coefficient (Wildman–Crippen LogP) is 3.65. The zero-order chi connectivity index (χ0) is 13.7. The smallest absolute Gasteiger partial charge is 0.183 e. The fraction of sp³-hybridized carbons (Fsp3) is 0.250. The van der Waals surface area contributed by atoms with Crippen molar-refractivity contribution in [3.63, 3.8) is 0 Å². The Balaban J connectivity index is 2.43. The molecule has 0 radical (unpaired) electrons. The third-order valence-electron chi connectivity index (χ3n) is 3.04. The highest BCUT2D eigenvalue weighted by atomic mass is 16.7. The van der Waals surface area contributed by atoms with Gasteiger partial charge in [-0.15, -0.1) is 0 Å². The number of rotatable bonds is 5. The Bertz CT molecular complexity index is 516. The van der Waals surface area contributed by atoms with Gasteiger partial charge in [0.2, 0.25) is 0 Å². The second-order valence-corrected chi connectivity index (χ2v) is 4.12. The highest BCUT2D eigenvalue weighted by molar-refractivity contribution is 5.68. The van der Waals surface area contributed by atoms with E-state index in [2.05, 4.69) is 6.07 Å². The van der Waals surface area contributed by atoms with Crippen LogP contribution in [-0.4, -0.2) is 21.3 Å². The molecule has 0 aliphatic carbocycles. The molecule has 0 unspecified atom stereocenters. The maximum atomic E-state index is 5.35. The van der Waals surface area contributed by atoms with E-state index in [0.29, 0.717) is 0 Å². The van der Waals surface area contributed by atoms with Crippen molar-refractivity contribution in [3.05, 3.63) is 54.1 Å². The second kappa shape index (κ2) is 6.36. The third-order valence-corrected chi connectivity index (χ3v) is 3.04. The average Bonchev–Trinajstić information content (AvgIpc) is 2.49. The summed E-state index contributed by atoms with van der Waals surface area (Å²) in [5.74, 6) is 0.844. The van der Waals surface area contributed by atoms with Gasteiger partial charge in [-0.2, -0.15) is 0 Å². The van der Waals surface area contributed by atoms with E-state index in [-0.39, 0.29) is 6.29 Å². The Hall–Kier alpha value is -1.84. The molecule has 0 N–H and O–H groups in total. The van der Waals surface area contributed by atoms with E-state index in [0.717, 1.165) is 22.4 Å². The van der Waals surface area contributed by atoms with Gasteiger partial charge in [0.25, 0.3) is 0 Å². The molecule has 2 aromatic carbocycles. The van der Waals surface area contributed by atoms with E-state index in [9.17, 15) is 0 Å². The van der Waals surface area contributed by atoms with Crippen molar-refractivity contribution >= 4 is 0 Å². The van der Waals surface area contributed by atoms with Crippen LogP contribution in [0, 0.1) is 0 Å². The Labute approximate surface area is 113 Å². The van der Waals surface area contributed by atoms with Crippen LogP contribution in [0.2, 0.25) is 0 Å². The highest BCUT2D eigenvalue weighted by Crippen LogP contribution is 2.31. The molecule has 19 heavy (non-hydrogen) atoms. The van der Waals surface area contributed by atoms with E-state index < -0.39 is 0 Å². The first-order chi connectivity index (χ1) is 9.30. The lowest BCUT2D eigenvalue weighted by molar-refractivity contribution is -0.105. The van der Waals surface area contributed by atoms with Crippen LogP contribution < -0.4 is 4.74 Å². The first kappa shape index (κ1) is 13.6. The summed E-state index contributed by atoms with van der Waals surface area (Å²) in [6, 6.07) is 16.0. The minimum Gasteiger partial charge on any atom is -0.497 e. The first-order valence-corrected chi connectivity index (χ1v) is 6.09. The van der Waals surface area contributed by atoms with Crippen LogP contribution in [0.4, 0.5) is 0 Å². The molecule has 3 heteroatoms. The van der Waals surface area contributed by atoms with Crippen LogP contribution in [0.1, 0.15) is 11.9 Å². The third kappa shape index (κ3) is 2.95. The number of hydrogen-bond donors (Lipinski definition) is 0. The summed E-state index contributed by atoms with van der Waals surface area (Å²) >= 11 is 0. The Morgan fingerprint density at radius 3 is 2.00 bits per heavy atom. The van der Waals surface area contributed by atoms with Crippen LogP contribution >= 0.6 is 0 Å². The minimum absolute atomic E-state index is 0.363. The van der Waals surface area contributed by atoms with Crippen LogP contribution in [0.3, 0.4) is 0 Å². The normalized spacial score (nSPS) is 10.7. The molecule has 2 rings (SSSR count). The summed E-state index contributed by atoms with van der Waals surface area (Å²) < 4.78 is 15.9. The maximum absolute atomic E-state index is 5.35. The van der Waals surface area contributed by atoms with Crippen LogP contribution in [0.25, 0.3) is 11.1 Å². The molecular formula is C16H18O3. The van der Waals surface area contributed by atoms with Crippen LogP contribution in [0.15, 0.2) is 48.5 Å². The quantitative estimate of drug-likeness (QED) is 0.766. The van der Waals surface area contributed by atoms with Gasteiger partial charge in [0.15, 0.2) is 6.29 Å². The largest absolute Gasteiger partial charge is 0.497 e. The highest BCUT2D eigenvalue weighted by Gasteiger charge is 2.14. The molecule has 3 nitrogen and oxygen atoms in total. The predicted molar refractivity (Wildman–Crippen MR) is 75.2 cm³/mol. The molecule has 0 fully saturated rings. The summed E-state index contributed by atoms with van der Waals surface area (Å²) in [6.45, 7) is 0. The topological polar surface area (TPSA) is 27.7 Å². The van der Waals surface area contributed by atoms with Crippen molar-refractivity contribution in [2.45, 2.75) is 6.29 Å². The van der Waals surface area contributed by atoms with E-state index >= 15 is 0 Å². The Morgan fingerprint density at radius 1 is 0.789 bits per heavy atom. The molecule has 0 bridgehead atoms. The average molecular weight is 258 g/mol. The van der Waals surface area contributed by atoms with Crippen molar-refractivity contribution in [2.75, 3.05) is 21.3 Å². The summed E-state index contributed by atoms with van der Waals surface area (Å²) in [4.78, 5) is 0. The molecule has 2 aromatic rings. The van der Waals surface area contributed by atoms with Gasteiger partial charge in [-0.3, -0.25) is 0 Å². The fourth-order valence-electron chi connectivity index (χ4n) is 2.09. The van der Waals surface area contributed by atoms with Crippen LogP contribution in [-0.2, 0) is 9.47 Å². The van der Waals surface area contributed by atoms with Gasteiger partial charge in [0.05, 0.1) is 7.11 Å². The molecule has 0 atom stereocenters. The number of methoxy groups -OCH3 is 3. The molecule has 0 saturated carbocycles. The van der Waals surface area contributed by atoms with E-state index in [1.54, 1.807) is 21.3 Å². The minimum atomic E-state index is -0.363. The van der Waals surface area contributed by atoms with Gasteiger partial charge in [-0.25, -0.2) is 0 Å². The second-order valence-electron chi connectivity index (χ2n) is 4.12. The summed E-state index contributed by atoms with van der Waals surface area (Å²) in [7, 11) is 4.94. The van der Waals surface area contributed by atoms with E-state index in [1.165, 1.54) is 0 Å². The van der Waals surface area contributed by atoms with Gasteiger partial charge in [-0.05, 0) is 23.3 Å². The fourth-order valence-corrected chi connectivity index (χ4v) is 2.09. The lowest BCUT2D eigenvalue weighted by Crippen LogP contribution is -2.05. The van der Waals surface area contributed by atoms with Gasteiger partial charge in [0.1, 0.15) is 5.75 Å². The number of ether oxygens (including phenoxy) is 3. The molecule has 0 heterocycles. The van der Waals surface area contributed by atoms with E-state index in [1.807, 2.05) is 42.5 Å². The molecule has 0 aliphatic heterocycles. The zero-order valence-corrected chi connectivity index (χ0v) is 11.4. The SMILES string of the molecule is COc1ccc(-c2ccccc2C(OC)OC)cc1. The molecular weight excluding hydrogens is 240 g/mol. The molecule has 0 aromatic heterocycles. The van der Waals surface area contributed by atoms with E-state index in [4.69, 9.17) is 14.2 Å². The lowest BCUT2D eigenvalue weighted by Gasteiger charge is -2.17. The lowest BCUT2D eigenvalue weighted by atomic mass is 9.99. The van der Waals surface area contributed by atoms with Gasteiger partial charge >= 0.3 is 0 Å². The summed E-state index contributed by atoms with van der Waals surface area (Å²) in [6.07, 6.45) is -0.363. The van der Waals surface area contributed by atoms with Gasteiger partial charge < -0.3 is 14.2 Å². The molecule has 100 valence electrons. The maximum Gasteiger partial charge on any atom is 0.183 e. The monoisotopic (exact) mass is 258 g/mol. The molecule has 0 saturated heterocycles. The summed E-state index contributed by atoms with van der Waals surface area (Å²) in [5, 5.41) is 0. The molecule has 0 amide bonds. The molecule has 0 aliphatic rings. The van der Waals surface area contributed by atoms with Crippen molar-refractivity contribution < 1.29 is 14.2 Å². The number of benzene rings is 2. The molecule has 0 spiro atoms. The van der Waals surface area contributed by atoms with Crippen molar-refractivity contribution in [3.8, 4) is 16.9 Å². The Kier molecular flexibility index (Phi) is 4.55. The van der Waals surface area contributed by atoms with Gasteiger partial charge in [0, 0.05) is 19.8 Å². The van der Waals surface area contributed by atoms with Crippen molar-refractivity contribution in [2.24, 2.45) is 0 Å². The van der Waals surface area contributed by atoms with Crippen molar-refractivity contribution in [1.82, 2.24) is 0 Å². The van der Waals surface area contributed by atoms with Crippen LogP contribution in [0.5, 0.6) is 5.75 Å². The van der Waals surface area contributed by atoms with Crippen molar-refractivity contribution in [1.29, 1.82) is 0 Å².